The van der Waals surface area contributed by atoms with E-state index in [1.807, 2.05) is 0 Å². The number of H-pyrrole nitrogens is 1. The highest BCUT2D eigenvalue weighted by atomic mass is 15.2. The highest BCUT2D eigenvalue weighted by Crippen LogP contribution is 2.20. The number of hydrogen-bond donors (Lipinski definition) is 1. The fourth-order valence-corrected chi connectivity index (χ4v) is 4.33. The van der Waals surface area contributed by atoms with E-state index in [0.717, 1.165) is 31.3 Å². The summed E-state index contributed by atoms with van der Waals surface area (Å²) in [6, 6.07) is 8.81. The number of aromatic amines is 1. The van der Waals surface area contributed by atoms with Crippen LogP contribution < -0.4 is 0 Å². The Morgan fingerprint density at radius 2 is 1.89 bits per heavy atom. The lowest BCUT2D eigenvalue weighted by Gasteiger charge is -2.34. The van der Waals surface area contributed by atoms with Gasteiger partial charge in [0, 0.05) is 31.7 Å². The van der Waals surface area contributed by atoms with Gasteiger partial charge in [0.25, 0.3) is 0 Å². The van der Waals surface area contributed by atoms with Crippen LogP contribution in [0.1, 0.15) is 55.0 Å². The number of benzene rings is 1. The van der Waals surface area contributed by atoms with Gasteiger partial charge < -0.3 is 9.88 Å². The van der Waals surface area contributed by atoms with Gasteiger partial charge in [0.15, 0.2) is 0 Å². The molecule has 4 nitrogen and oxygen atoms in total. The number of hydrogen-bond acceptors (Lipinski definition) is 3. The molecule has 0 saturated carbocycles. The largest absolute Gasteiger partial charge is 0.346 e. The third kappa shape index (κ3) is 5.68. The van der Waals surface area contributed by atoms with E-state index in [-0.39, 0.29) is 0 Å². The Morgan fingerprint density at radius 1 is 1.14 bits per heavy atom. The van der Waals surface area contributed by atoms with Gasteiger partial charge in [-0.3, -0.25) is 4.90 Å². The summed E-state index contributed by atoms with van der Waals surface area (Å²) in [5, 5.41) is 0. The molecule has 0 spiro atoms. The first-order valence-corrected chi connectivity index (χ1v) is 11.1. The minimum absolute atomic E-state index is 0.819. The molecule has 2 aromatic rings. The van der Waals surface area contributed by atoms with E-state index in [2.05, 4.69) is 66.7 Å². The van der Waals surface area contributed by atoms with Gasteiger partial charge in [0.1, 0.15) is 5.82 Å². The number of nitrogens with one attached hydrogen (secondary N) is 1. The van der Waals surface area contributed by atoms with Crippen molar-refractivity contribution in [2.24, 2.45) is 5.92 Å². The van der Waals surface area contributed by atoms with E-state index in [4.69, 9.17) is 4.98 Å². The van der Waals surface area contributed by atoms with Crippen LogP contribution in [-0.2, 0) is 19.4 Å². The smallest absolute Gasteiger partial charge is 0.106 e. The molecule has 0 bridgehead atoms. The second-order valence-corrected chi connectivity index (χ2v) is 8.40. The zero-order valence-corrected chi connectivity index (χ0v) is 18.3. The summed E-state index contributed by atoms with van der Waals surface area (Å²) in [4.78, 5) is 13.4. The maximum atomic E-state index is 4.78. The summed E-state index contributed by atoms with van der Waals surface area (Å²) < 4.78 is 0. The molecule has 1 aromatic heterocycles. The lowest BCUT2D eigenvalue weighted by Crippen LogP contribution is -2.39. The molecule has 0 radical (unpaired) electrons. The van der Waals surface area contributed by atoms with Crippen LogP contribution in [0.2, 0.25) is 0 Å². The van der Waals surface area contributed by atoms with Gasteiger partial charge in [-0.15, -0.1) is 0 Å². The monoisotopic (exact) mass is 382 g/mol. The zero-order chi connectivity index (χ0) is 19.9. The predicted octanol–water partition coefficient (Wildman–Crippen LogP) is 4.37. The van der Waals surface area contributed by atoms with Crippen LogP contribution in [0.5, 0.6) is 0 Å². The molecule has 3 rings (SSSR count). The van der Waals surface area contributed by atoms with Crippen molar-refractivity contribution in [2.45, 2.75) is 59.9 Å². The summed E-state index contributed by atoms with van der Waals surface area (Å²) in [5.74, 6) is 1.94. The van der Waals surface area contributed by atoms with Gasteiger partial charge in [0.05, 0.1) is 5.69 Å². The number of imidazole rings is 1. The van der Waals surface area contributed by atoms with Gasteiger partial charge in [-0.25, -0.2) is 4.98 Å². The Kier molecular flexibility index (Phi) is 7.69. The maximum absolute atomic E-state index is 4.78. The highest BCUT2D eigenvalue weighted by molar-refractivity contribution is 5.25. The van der Waals surface area contributed by atoms with Crippen molar-refractivity contribution in [1.29, 1.82) is 0 Å². The van der Waals surface area contributed by atoms with Crippen molar-refractivity contribution >= 4 is 0 Å². The van der Waals surface area contributed by atoms with Gasteiger partial charge in [-0.05, 0) is 69.8 Å². The van der Waals surface area contributed by atoms with Gasteiger partial charge >= 0.3 is 0 Å². The van der Waals surface area contributed by atoms with Gasteiger partial charge in [-0.2, -0.15) is 0 Å². The molecular weight excluding hydrogens is 344 g/mol. The molecule has 4 heteroatoms. The van der Waals surface area contributed by atoms with Crippen LogP contribution >= 0.6 is 0 Å². The molecule has 0 atom stereocenters. The summed E-state index contributed by atoms with van der Waals surface area (Å²) in [6.45, 7) is 15.8. The number of aromatic nitrogens is 2. The molecule has 0 aliphatic carbocycles. The second-order valence-electron chi connectivity index (χ2n) is 8.40. The topological polar surface area (TPSA) is 35.2 Å². The molecule has 1 saturated heterocycles. The molecule has 1 fully saturated rings. The van der Waals surface area contributed by atoms with Gasteiger partial charge in [0.2, 0.25) is 0 Å². The zero-order valence-electron chi connectivity index (χ0n) is 18.3. The molecule has 2 heterocycles. The molecule has 1 aliphatic rings. The first-order valence-electron chi connectivity index (χ1n) is 11.1. The lowest BCUT2D eigenvalue weighted by atomic mass is 9.95. The van der Waals surface area contributed by atoms with Crippen LogP contribution in [0.4, 0.5) is 0 Å². The SMILES string of the molecule is CCc1nc(CN(CC)CC2CCN(CCc3ccccc3C)CC2)c(C)[nH]1. The average molecular weight is 383 g/mol. The molecule has 154 valence electrons. The number of aryl methyl sites for hydroxylation is 3. The van der Waals surface area contributed by atoms with Crippen LogP contribution in [0.15, 0.2) is 24.3 Å². The maximum Gasteiger partial charge on any atom is 0.106 e. The Bertz CT molecular complexity index is 728. The van der Waals surface area contributed by atoms with Crippen LogP contribution in [0.25, 0.3) is 0 Å². The third-order valence-corrected chi connectivity index (χ3v) is 6.37. The number of nitrogens with zero attached hydrogens (tertiary/aromatic N) is 3. The summed E-state index contributed by atoms with van der Waals surface area (Å²) in [5.41, 5.74) is 5.40. The average Bonchev–Trinajstić information content (AvgIpc) is 3.07. The van der Waals surface area contributed by atoms with Crippen molar-refractivity contribution < 1.29 is 0 Å². The number of rotatable bonds is 9. The van der Waals surface area contributed by atoms with Crippen molar-refractivity contribution in [3.63, 3.8) is 0 Å². The quantitative estimate of drug-likeness (QED) is 0.700. The molecule has 1 N–H and O–H groups in total. The summed E-state index contributed by atoms with van der Waals surface area (Å²) >= 11 is 0. The Morgan fingerprint density at radius 3 is 2.54 bits per heavy atom. The second kappa shape index (κ2) is 10.2. The van der Waals surface area contributed by atoms with Crippen molar-refractivity contribution in [2.75, 3.05) is 32.7 Å². The molecule has 0 unspecified atom stereocenters. The summed E-state index contributed by atoms with van der Waals surface area (Å²) in [6.07, 6.45) is 4.80. The third-order valence-electron chi connectivity index (χ3n) is 6.37. The highest BCUT2D eigenvalue weighted by Gasteiger charge is 2.21. The van der Waals surface area contributed by atoms with Crippen LogP contribution in [-0.4, -0.2) is 52.5 Å². The molecule has 0 amide bonds. The van der Waals surface area contributed by atoms with E-state index in [1.165, 1.54) is 68.0 Å². The normalized spacial score (nSPS) is 16.2. The fourth-order valence-electron chi connectivity index (χ4n) is 4.33. The first kappa shape index (κ1) is 21.1. The first-order chi connectivity index (χ1) is 13.6. The standard InChI is InChI=1S/C24H38N4/c1-5-24-25-20(4)23(26-24)18-27(6-2)17-21-11-14-28(15-12-21)16-13-22-10-8-7-9-19(22)3/h7-10,21H,5-6,11-18H2,1-4H3,(H,25,26). The minimum Gasteiger partial charge on any atom is -0.346 e. The summed E-state index contributed by atoms with van der Waals surface area (Å²) in [7, 11) is 0. The fraction of sp³-hybridized carbons (Fsp3) is 0.625. The van der Waals surface area contributed by atoms with E-state index in [1.54, 1.807) is 0 Å². The molecular formula is C24H38N4. The molecule has 1 aromatic carbocycles. The van der Waals surface area contributed by atoms with E-state index in [9.17, 15) is 0 Å². The Hall–Kier alpha value is -1.65. The van der Waals surface area contributed by atoms with Crippen molar-refractivity contribution in [3.8, 4) is 0 Å². The van der Waals surface area contributed by atoms with Crippen molar-refractivity contribution in [3.05, 3.63) is 52.6 Å². The lowest BCUT2D eigenvalue weighted by molar-refractivity contribution is 0.143. The van der Waals surface area contributed by atoms with E-state index < -0.39 is 0 Å². The predicted molar refractivity (Wildman–Crippen MR) is 118 cm³/mol. The van der Waals surface area contributed by atoms with Crippen molar-refractivity contribution in [1.82, 2.24) is 19.8 Å². The van der Waals surface area contributed by atoms with Crippen LogP contribution in [0, 0.1) is 19.8 Å². The van der Waals surface area contributed by atoms with Gasteiger partial charge in [-0.1, -0.05) is 38.1 Å². The van der Waals surface area contributed by atoms with E-state index >= 15 is 0 Å². The molecule has 1 aliphatic heterocycles. The number of likely N-dealkylation sites (tertiary alicyclic amines) is 1. The molecule has 28 heavy (non-hydrogen) atoms. The van der Waals surface area contributed by atoms with E-state index in [0.29, 0.717) is 0 Å². The Balaban J connectivity index is 1.43. The Labute approximate surface area is 171 Å². The number of piperidine rings is 1. The minimum atomic E-state index is 0.819. The van der Waals surface area contributed by atoms with Crippen LogP contribution in [0.3, 0.4) is 0 Å².